The molecule has 0 radical (unpaired) electrons. The van der Waals surface area contributed by atoms with Crippen molar-refractivity contribution in [2.75, 3.05) is 0 Å². The number of nitrogens with zero attached hydrogens (tertiary/aromatic N) is 1. The van der Waals surface area contributed by atoms with Gasteiger partial charge in [0.05, 0.1) is 5.56 Å². The number of hydrogen-bond acceptors (Lipinski definition) is 2. The highest BCUT2D eigenvalue weighted by atomic mass is 19.4. The highest BCUT2D eigenvalue weighted by Gasteiger charge is 2.30. The molecule has 0 fully saturated rings. The van der Waals surface area contributed by atoms with Gasteiger partial charge in [-0.2, -0.15) is 18.2 Å². The van der Waals surface area contributed by atoms with E-state index >= 15 is 0 Å². The Morgan fingerprint density at radius 1 is 0.900 bits per heavy atom. The summed E-state index contributed by atoms with van der Waals surface area (Å²) in [5, 5.41) is 0. The fraction of sp³-hybridized carbons (Fsp3) is 0.133. The average molecular weight is 277 g/mol. The number of aliphatic imine (C=N–C) groups is 1. The molecule has 0 spiro atoms. The number of isocyanates is 1. The first kappa shape index (κ1) is 14.0. The molecular formula is C15H10F3NO. The van der Waals surface area contributed by atoms with E-state index in [1.54, 1.807) is 30.3 Å². The van der Waals surface area contributed by atoms with Gasteiger partial charge in [-0.05, 0) is 23.3 Å². The summed E-state index contributed by atoms with van der Waals surface area (Å²) >= 11 is 0. The molecule has 2 nitrogen and oxygen atoms in total. The van der Waals surface area contributed by atoms with Crippen LogP contribution in [-0.4, -0.2) is 6.08 Å². The lowest BCUT2D eigenvalue weighted by Crippen LogP contribution is -2.05. The molecule has 5 heteroatoms. The fourth-order valence-electron chi connectivity index (χ4n) is 1.88. The molecule has 0 aliphatic carbocycles. The number of hydrogen-bond donors (Lipinski definition) is 0. The Balaban J connectivity index is 2.39. The van der Waals surface area contributed by atoms with E-state index in [4.69, 9.17) is 0 Å². The lowest BCUT2D eigenvalue weighted by Gasteiger charge is -2.13. The smallest absolute Gasteiger partial charge is 0.211 e. The Morgan fingerprint density at radius 3 is 1.95 bits per heavy atom. The summed E-state index contributed by atoms with van der Waals surface area (Å²) in [6, 6.07) is 12.8. The second-order valence-corrected chi connectivity index (χ2v) is 4.15. The lowest BCUT2D eigenvalue weighted by molar-refractivity contribution is -0.137. The van der Waals surface area contributed by atoms with Gasteiger partial charge in [0.2, 0.25) is 6.08 Å². The van der Waals surface area contributed by atoms with Gasteiger partial charge in [0.15, 0.2) is 0 Å². The minimum Gasteiger partial charge on any atom is -0.211 e. The Labute approximate surface area is 113 Å². The van der Waals surface area contributed by atoms with Crippen molar-refractivity contribution in [1.82, 2.24) is 0 Å². The fourth-order valence-corrected chi connectivity index (χ4v) is 1.88. The van der Waals surface area contributed by atoms with Gasteiger partial charge >= 0.3 is 6.18 Å². The topological polar surface area (TPSA) is 29.4 Å². The molecule has 0 saturated heterocycles. The maximum atomic E-state index is 12.5. The summed E-state index contributed by atoms with van der Waals surface area (Å²) in [5.41, 5.74) is 0.492. The summed E-state index contributed by atoms with van der Waals surface area (Å²) in [7, 11) is 0. The normalized spacial score (nSPS) is 12.6. The number of carbonyl (C=O) groups excluding carboxylic acids is 1. The minimum atomic E-state index is -4.38. The Bertz CT molecular complexity index is 614. The predicted molar refractivity (Wildman–Crippen MR) is 67.9 cm³/mol. The second kappa shape index (κ2) is 5.72. The highest BCUT2D eigenvalue weighted by Crippen LogP contribution is 2.32. The zero-order valence-corrected chi connectivity index (χ0v) is 10.3. The maximum absolute atomic E-state index is 12.5. The van der Waals surface area contributed by atoms with Gasteiger partial charge in [-0.1, -0.05) is 42.5 Å². The third-order valence-corrected chi connectivity index (χ3v) is 2.85. The first-order chi connectivity index (χ1) is 9.52. The van der Waals surface area contributed by atoms with Crippen LogP contribution in [0.25, 0.3) is 0 Å². The highest BCUT2D eigenvalue weighted by molar-refractivity contribution is 5.41. The van der Waals surface area contributed by atoms with Gasteiger partial charge in [-0.3, -0.25) is 0 Å². The molecule has 102 valence electrons. The molecular weight excluding hydrogens is 267 g/mol. The van der Waals surface area contributed by atoms with Crippen LogP contribution >= 0.6 is 0 Å². The molecule has 1 atom stereocenters. The van der Waals surface area contributed by atoms with E-state index in [2.05, 4.69) is 4.99 Å². The molecule has 0 aromatic heterocycles. The average Bonchev–Trinajstić information content (AvgIpc) is 2.45. The van der Waals surface area contributed by atoms with Gasteiger partial charge in [-0.15, -0.1) is 0 Å². The summed E-state index contributed by atoms with van der Waals surface area (Å²) in [6.45, 7) is 0. The van der Waals surface area contributed by atoms with E-state index in [9.17, 15) is 18.0 Å². The van der Waals surface area contributed by atoms with Gasteiger partial charge < -0.3 is 0 Å². The summed E-state index contributed by atoms with van der Waals surface area (Å²) in [5.74, 6) is 0. The summed E-state index contributed by atoms with van der Waals surface area (Å²) in [4.78, 5) is 14.2. The van der Waals surface area contributed by atoms with E-state index < -0.39 is 17.8 Å². The van der Waals surface area contributed by atoms with Gasteiger partial charge in [0.25, 0.3) is 0 Å². The molecule has 2 aromatic carbocycles. The Morgan fingerprint density at radius 2 is 1.45 bits per heavy atom. The summed E-state index contributed by atoms with van der Waals surface area (Å²) in [6.07, 6.45) is -2.92. The molecule has 1 unspecified atom stereocenters. The van der Waals surface area contributed by atoms with Gasteiger partial charge in [0, 0.05) is 0 Å². The van der Waals surface area contributed by atoms with Crippen LogP contribution in [0, 0.1) is 0 Å². The van der Waals surface area contributed by atoms with E-state index in [0.717, 1.165) is 17.7 Å². The van der Waals surface area contributed by atoms with Crippen LogP contribution in [0.1, 0.15) is 22.7 Å². The molecule has 0 heterocycles. The summed E-state index contributed by atoms with van der Waals surface area (Å²) < 4.78 is 37.5. The van der Waals surface area contributed by atoms with Crippen molar-refractivity contribution in [3.63, 3.8) is 0 Å². The molecule has 0 aliphatic heterocycles. The van der Waals surface area contributed by atoms with Crippen molar-refractivity contribution in [2.45, 2.75) is 12.2 Å². The molecule has 20 heavy (non-hydrogen) atoms. The molecule has 0 aliphatic rings. The van der Waals surface area contributed by atoms with Crippen LogP contribution < -0.4 is 0 Å². The zero-order chi connectivity index (χ0) is 14.6. The Hall–Kier alpha value is -2.39. The third kappa shape index (κ3) is 3.13. The molecule has 0 N–H and O–H groups in total. The maximum Gasteiger partial charge on any atom is 0.416 e. The van der Waals surface area contributed by atoms with Crippen LogP contribution in [0.15, 0.2) is 59.6 Å². The molecule has 2 aromatic rings. The molecule has 0 amide bonds. The zero-order valence-electron chi connectivity index (χ0n) is 10.3. The quantitative estimate of drug-likeness (QED) is 0.612. The number of benzene rings is 2. The van der Waals surface area contributed by atoms with Crippen molar-refractivity contribution < 1.29 is 18.0 Å². The first-order valence-electron chi connectivity index (χ1n) is 5.81. The Kier molecular flexibility index (Phi) is 4.01. The van der Waals surface area contributed by atoms with E-state index in [1.165, 1.54) is 18.2 Å². The van der Waals surface area contributed by atoms with Gasteiger partial charge in [0.1, 0.15) is 6.04 Å². The molecule has 0 bridgehead atoms. The number of halogens is 3. The van der Waals surface area contributed by atoms with Crippen molar-refractivity contribution in [1.29, 1.82) is 0 Å². The molecule has 0 saturated carbocycles. The first-order valence-corrected chi connectivity index (χ1v) is 5.81. The molecule has 2 rings (SSSR count). The van der Waals surface area contributed by atoms with Crippen LogP contribution in [0.4, 0.5) is 13.2 Å². The van der Waals surface area contributed by atoms with Crippen molar-refractivity contribution in [3.05, 3.63) is 71.3 Å². The third-order valence-electron chi connectivity index (χ3n) is 2.85. The van der Waals surface area contributed by atoms with Crippen molar-refractivity contribution in [3.8, 4) is 0 Å². The van der Waals surface area contributed by atoms with Crippen LogP contribution in [0.3, 0.4) is 0 Å². The standard InChI is InChI=1S/C15H10F3NO/c16-15(17,18)13-8-6-12(7-9-13)14(19-10-20)11-4-2-1-3-5-11/h1-9,14H. The second-order valence-electron chi connectivity index (χ2n) is 4.15. The van der Waals surface area contributed by atoms with E-state index in [-0.39, 0.29) is 0 Å². The minimum absolute atomic E-state index is 0.507. The largest absolute Gasteiger partial charge is 0.416 e. The number of alkyl halides is 3. The monoisotopic (exact) mass is 277 g/mol. The predicted octanol–water partition coefficient (Wildman–Crippen LogP) is 4.13. The van der Waals surface area contributed by atoms with Crippen molar-refractivity contribution in [2.24, 2.45) is 4.99 Å². The lowest BCUT2D eigenvalue weighted by atomic mass is 9.98. The van der Waals surface area contributed by atoms with E-state index in [0.29, 0.717) is 5.56 Å². The SMILES string of the molecule is O=C=NC(c1ccccc1)c1ccc(C(F)(F)F)cc1. The van der Waals surface area contributed by atoms with Gasteiger partial charge in [-0.25, -0.2) is 4.79 Å². The number of rotatable bonds is 3. The van der Waals surface area contributed by atoms with Crippen LogP contribution in [0.2, 0.25) is 0 Å². The van der Waals surface area contributed by atoms with Crippen LogP contribution in [0.5, 0.6) is 0 Å². The van der Waals surface area contributed by atoms with E-state index in [1.807, 2.05) is 0 Å². The van der Waals surface area contributed by atoms with Crippen molar-refractivity contribution >= 4 is 6.08 Å². The van der Waals surface area contributed by atoms with Crippen LogP contribution in [-0.2, 0) is 11.0 Å².